The molecule has 0 aromatic heterocycles. The molecule has 0 radical (unpaired) electrons. The van der Waals surface area contributed by atoms with Crippen molar-refractivity contribution in [3.8, 4) is 0 Å². The van der Waals surface area contributed by atoms with Gasteiger partial charge in [-0.1, -0.05) is 26.0 Å². The van der Waals surface area contributed by atoms with Crippen LogP contribution in [-0.2, 0) is 0 Å². The molecule has 3 heteroatoms. The Labute approximate surface area is 121 Å². The second kappa shape index (κ2) is 6.04. The zero-order chi connectivity index (χ0) is 14.8. The van der Waals surface area contributed by atoms with Gasteiger partial charge in [0.25, 0.3) is 0 Å². The zero-order valence-electron chi connectivity index (χ0n) is 12.7. The summed E-state index contributed by atoms with van der Waals surface area (Å²) in [6.07, 6.45) is 4.69. The fourth-order valence-electron chi connectivity index (χ4n) is 2.93. The van der Waals surface area contributed by atoms with Gasteiger partial charge in [0, 0.05) is 11.6 Å². The molecule has 20 heavy (non-hydrogen) atoms. The lowest BCUT2D eigenvalue weighted by molar-refractivity contribution is 0.0851. The molecule has 0 bridgehead atoms. The number of likely N-dealkylation sites (N-methyl/N-ethyl adjacent to an activating group) is 1. The normalized spacial score (nSPS) is 19.2. The zero-order valence-corrected chi connectivity index (χ0v) is 12.7. The molecule has 0 aliphatic heterocycles. The summed E-state index contributed by atoms with van der Waals surface area (Å²) in [7, 11) is 2.00. The van der Waals surface area contributed by atoms with Crippen LogP contribution in [0, 0.1) is 11.2 Å². The molecule has 1 fully saturated rings. The molecular formula is C17H24FNO. The van der Waals surface area contributed by atoms with Crippen molar-refractivity contribution < 1.29 is 9.18 Å². The number of rotatable bonds is 4. The van der Waals surface area contributed by atoms with E-state index in [0.717, 1.165) is 12.8 Å². The maximum absolute atomic E-state index is 13.1. The van der Waals surface area contributed by atoms with Crippen molar-refractivity contribution in [2.45, 2.75) is 45.6 Å². The van der Waals surface area contributed by atoms with Crippen molar-refractivity contribution in [3.63, 3.8) is 0 Å². The van der Waals surface area contributed by atoms with Gasteiger partial charge in [0.05, 0.1) is 6.54 Å². The van der Waals surface area contributed by atoms with Crippen molar-refractivity contribution in [3.05, 3.63) is 35.6 Å². The summed E-state index contributed by atoms with van der Waals surface area (Å²) in [6, 6.07) is 6.43. The van der Waals surface area contributed by atoms with E-state index in [4.69, 9.17) is 0 Å². The summed E-state index contributed by atoms with van der Waals surface area (Å²) in [5.74, 6) is -0.352. The van der Waals surface area contributed by atoms with E-state index in [1.165, 1.54) is 25.0 Å². The smallest absolute Gasteiger partial charge is 0.176 e. The minimum Gasteiger partial charge on any atom is -0.296 e. The van der Waals surface area contributed by atoms with Crippen LogP contribution in [0.15, 0.2) is 24.3 Å². The Hall–Kier alpha value is -1.22. The molecule has 2 rings (SSSR count). The number of Topliss-reactive ketones (excluding diaryl/α,β-unsaturated/α-hetero) is 1. The van der Waals surface area contributed by atoms with Gasteiger partial charge in [-0.2, -0.15) is 0 Å². The second-order valence-corrected chi connectivity index (χ2v) is 6.74. The summed E-state index contributed by atoms with van der Waals surface area (Å²) in [6.45, 7) is 4.98. The lowest BCUT2D eigenvalue weighted by Gasteiger charge is -2.38. The highest BCUT2D eigenvalue weighted by Crippen LogP contribution is 2.36. The minimum atomic E-state index is -0.349. The van der Waals surface area contributed by atoms with Gasteiger partial charge in [-0.05, 0) is 50.3 Å². The lowest BCUT2D eigenvalue weighted by Crippen LogP contribution is -2.39. The van der Waals surface area contributed by atoms with E-state index in [1.54, 1.807) is 12.1 Å². The first kappa shape index (κ1) is 15.2. The number of carbonyl (C=O) groups excluding carboxylic acids is 1. The summed E-state index contributed by atoms with van der Waals surface area (Å²) in [4.78, 5) is 14.3. The molecule has 1 aromatic rings. The van der Waals surface area contributed by atoms with E-state index < -0.39 is 0 Å². The summed E-state index contributed by atoms with van der Waals surface area (Å²) >= 11 is 0. The predicted octanol–water partition coefficient (Wildman–Crippen LogP) is 3.91. The molecule has 0 spiro atoms. The third-order valence-corrected chi connectivity index (χ3v) is 4.47. The first-order chi connectivity index (χ1) is 9.37. The Morgan fingerprint density at radius 1 is 1.35 bits per heavy atom. The molecule has 0 N–H and O–H groups in total. The summed E-state index contributed by atoms with van der Waals surface area (Å²) in [5.41, 5.74) is 0.900. The van der Waals surface area contributed by atoms with Crippen LogP contribution in [0.4, 0.5) is 4.39 Å². The number of hydrogen-bond donors (Lipinski definition) is 0. The molecule has 0 amide bonds. The van der Waals surface area contributed by atoms with Crippen LogP contribution in [0.25, 0.3) is 0 Å². The van der Waals surface area contributed by atoms with E-state index in [0.29, 0.717) is 23.6 Å². The maximum atomic E-state index is 13.1. The first-order valence-electron chi connectivity index (χ1n) is 7.36. The number of benzene rings is 1. The molecule has 1 aliphatic rings. The average Bonchev–Trinajstić information content (AvgIpc) is 2.38. The van der Waals surface area contributed by atoms with Crippen molar-refractivity contribution in [2.75, 3.05) is 13.6 Å². The van der Waals surface area contributed by atoms with Gasteiger partial charge < -0.3 is 0 Å². The minimum absolute atomic E-state index is 0.00293. The maximum Gasteiger partial charge on any atom is 0.176 e. The molecule has 0 saturated heterocycles. The molecule has 0 unspecified atom stereocenters. The van der Waals surface area contributed by atoms with Crippen LogP contribution in [0.2, 0.25) is 0 Å². The molecule has 0 heterocycles. The predicted molar refractivity (Wildman–Crippen MR) is 79.4 cm³/mol. The van der Waals surface area contributed by atoms with Crippen LogP contribution >= 0.6 is 0 Å². The van der Waals surface area contributed by atoms with E-state index in [1.807, 2.05) is 7.05 Å². The largest absolute Gasteiger partial charge is 0.296 e. The third-order valence-electron chi connectivity index (χ3n) is 4.47. The topological polar surface area (TPSA) is 20.3 Å². The van der Waals surface area contributed by atoms with Crippen LogP contribution < -0.4 is 0 Å². The SMILES string of the molecule is CN(CC(=O)c1cccc(F)c1)C1CCC(C)(C)CC1. The third kappa shape index (κ3) is 3.89. The van der Waals surface area contributed by atoms with Gasteiger partial charge in [0.15, 0.2) is 5.78 Å². The van der Waals surface area contributed by atoms with Gasteiger partial charge in [-0.25, -0.2) is 4.39 Å². The molecule has 1 aromatic carbocycles. The fraction of sp³-hybridized carbons (Fsp3) is 0.588. The molecule has 110 valence electrons. The number of ketones is 1. The van der Waals surface area contributed by atoms with Crippen molar-refractivity contribution in [1.82, 2.24) is 4.90 Å². The van der Waals surface area contributed by atoms with Crippen LogP contribution in [0.1, 0.15) is 49.9 Å². The van der Waals surface area contributed by atoms with Gasteiger partial charge in [0.2, 0.25) is 0 Å². The average molecular weight is 277 g/mol. The van der Waals surface area contributed by atoms with Crippen molar-refractivity contribution >= 4 is 5.78 Å². The number of hydrogen-bond acceptors (Lipinski definition) is 2. The Morgan fingerprint density at radius 3 is 2.60 bits per heavy atom. The molecule has 2 nitrogen and oxygen atoms in total. The van der Waals surface area contributed by atoms with Gasteiger partial charge in [0.1, 0.15) is 5.82 Å². The number of halogens is 1. The number of nitrogens with zero attached hydrogens (tertiary/aromatic N) is 1. The van der Waals surface area contributed by atoms with E-state index in [-0.39, 0.29) is 11.6 Å². The monoisotopic (exact) mass is 277 g/mol. The summed E-state index contributed by atoms with van der Waals surface area (Å²) in [5, 5.41) is 0. The van der Waals surface area contributed by atoms with Crippen molar-refractivity contribution in [2.24, 2.45) is 5.41 Å². The van der Waals surface area contributed by atoms with Crippen LogP contribution in [0.5, 0.6) is 0 Å². The highest BCUT2D eigenvalue weighted by atomic mass is 19.1. The molecular weight excluding hydrogens is 253 g/mol. The standard InChI is InChI=1S/C17H24FNO/c1-17(2)9-7-15(8-10-17)19(3)12-16(20)13-5-4-6-14(18)11-13/h4-6,11,15H,7-10,12H2,1-3H3. The second-order valence-electron chi connectivity index (χ2n) is 6.74. The first-order valence-corrected chi connectivity index (χ1v) is 7.36. The van der Waals surface area contributed by atoms with E-state index >= 15 is 0 Å². The van der Waals surface area contributed by atoms with Crippen LogP contribution in [-0.4, -0.2) is 30.3 Å². The molecule has 0 atom stereocenters. The quantitative estimate of drug-likeness (QED) is 0.778. The molecule has 1 saturated carbocycles. The highest BCUT2D eigenvalue weighted by molar-refractivity contribution is 5.97. The van der Waals surface area contributed by atoms with Gasteiger partial charge in [-0.15, -0.1) is 0 Å². The van der Waals surface area contributed by atoms with E-state index in [9.17, 15) is 9.18 Å². The summed E-state index contributed by atoms with van der Waals surface area (Å²) < 4.78 is 13.1. The Morgan fingerprint density at radius 2 is 2.00 bits per heavy atom. The Balaban J connectivity index is 1.91. The Bertz CT molecular complexity index is 474. The van der Waals surface area contributed by atoms with Crippen molar-refractivity contribution in [1.29, 1.82) is 0 Å². The Kier molecular flexibility index (Phi) is 4.59. The van der Waals surface area contributed by atoms with Gasteiger partial charge in [-0.3, -0.25) is 9.69 Å². The van der Waals surface area contributed by atoms with Crippen LogP contribution in [0.3, 0.4) is 0 Å². The van der Waals surface area contributed by atoms with Gasteiger partial charge >= 0.3 is 0 Å². The highest BCUT2D eigenvalue weighted by Gasteiger charge is 2.29. The van der Waals surface area contributed by atoms with E-state index in [2.05, 4.69) is 18.7 Å². The lowest BCUT2D eigenvalue weighted by atomic mass is 9.75. The number of carbonyl (C=O) groups is 1. The fourth-order valence-corrected chi connectivity index (χ4v) is 2.93. The molecule has 1 aliphatic carbocycles.